The van der Waals surface area contributed by atoms with E-state index in [4.69, 9.17) is 0 Å². The summed E-state index contributed by atoms with van der Waals surface area (Å²) in [5, 5.41) is 0. The lowest BCUT2D eigenvalue weighted by molar-refractivity contribution is -0.124. The first-order chi connectivity index (χ1) is 5.55. The van der Waals surface area contributed by atoms with Crippen molar-refractivity contribution < 1.29 is 4.79 Å². The molecule has 12 heavy (non-hydrogen) atoms. The normalized spacial score (nSPS) is 28.4. The fourth-order valence-electron chi connectivity index (χ4n) is 2.26. The largest absolute Gasteiger partial charge is 0.299 e. The number of carbonyl (C=O) groups is 1. The molecule has 0 aliphatic heterocycles. The Bertz CT molecular complexity index is 170. The van der Waals surface area contributed by atoms with Crippen molar-refractivity contribution in [2.45, 2.75) is 52.9 Å². The Hall–Kier alpha value is -0.330. The summed E-state index contributed by atoms with van der Waals surface area (Å²) in [6.45, 7) is 6.54. The summed E-state index contributed by atoms with van der Waals surface area (Å²) >= 11 is 0. The van der Waals surface area contributed by atoms with Gasteiger partial charge in [0.1, 0.15) is 5.78 Å². The van der Waals surface area contributed by atoms with E-state index in [2.05, 4.69) is 13.8 Å². The number of Topliss-reactive ketones (excluding diaryl/α,β-unsaturated/α-hetero) is 1. The number of ketones is 1. The Morgan fingerprint density at radius 2 is 2.17 bits per heavy atom. The van der Waals surface area contributed by atoms with Crippen LogP contribution in [0.25, 0.3) is 0 Å². The van der Waals surface area contributed by atoms with Gasteiger partial charge in [-0.2, -0.15) is 0 Å². The predicted molar refractivity (Wildman–Crippen MR) is 51.0 cm³/mol. The van der Waals surface area contributed by atoms with Gasteiger partial charge >= 0.3 is 0 Å². The first-order valence-corrected chi connectivity index (χ1v) is 5.08. The zero-order valence-electron chi connectivity index (χ0n) is 8.52. The van der Waals surface area contributed by atoms with Crippen LogP contribution in [-0.4, -0.2) is 5.78 Å². The van der Waals surface area contributed by atoms with Crippen LogP contribution in [0, 0.1) is 11.3 Å². The first-order valence-electron chi connectivity index (χ1n) is 5.08. The standard InChI is InChI=1S/C11H20O/c1-4-10(12)9-6-5-7-11(2,3)8-9/h9H,4-8H2,1-3H3. The Balaban J connectivity index is 2.52. The van der Waals surface area contributed by atoms with Crippen LogP contribution >= 0.6 is 0 Å². The molecule has 0 amide bonds. The van der Waals surface area contributed by atoms with Gasteiger partial charge in [0.2, 0.25) is 0 Å². The van der Waals surface area contributed by atoms with Gasteiger partial charge in [0.15, 0.2) is 0 Å². The zero-order valence-corrected chi connectivity index (χ0v) is 8.52. The summed E-state index contributed by atoms with van der Waals surface area (Å²) in [6, 6.07) is 0. The van der Waals surface area contributed by atoms with Gasteiger partial charge in [0.05, 0.1) is 0 Å². The highest BCUT2D eigenvalue weighted by Crippen LogP contribution is 2.39. The van der Waals surface area contributed by atoms with E-state index in [9.17, 15) is 4.79 Å². The molecule has 70 valence electrons. The monoisotopic (exact) mass is 168 g/mol. The molecule has 0 radical (unpaired) electrons. The van der Waals surface area contributed by atoms with Crippen molar-refractivity contribution >= 4 is 5.78 Å². The molecule has 1 heteroatoms. The van der Waals surface area contributed by atoms with E-state index in [-0.39, 0.29) is 0 Å². The molecule has 1 nitrogen and oxygen atoms in total. The molecular weight excluding hydrogens is 148 g/mol. The molecule has 1 aliphatic rings. The fourth-order valence-corrected chi connectivity index (χ4v) is 2.26. The summed E-state index contributed by atoms with van der Waals surface area (Å²) in [7, 11) is 0. The molecular formula is C11H20O. The van der Waals surface area contributed by atoms with E-state index in [1.807, 2.05) is 6.92 Å². The maximum atomic E-state index is 11.5. The Morgan fingerprint density at radius 1 is 1.50 bits per heavy atom. The average Bonchev–Trinajstić information content (AvgIpc) is 2.01. The summed E-state index contributed by atoms with van der Waals surface area (Å²) in [5.74, 6) is 0.849. The average molecular weight is 168 g/mol. The molecule has 1 atom stereocenters. The lowest BCUT2D eigenvalue weighted by Crippen LogP contribution is -2.27. The third-order valence-corrected chi connectivity index (χ3v) is 3.01. The van der Waals surface area contributed by atoms with Gasteiger partial charge in [0.25, 0.3) is 0 Å². The molecule has 0 N–H and O–H groups in total. The highest BCUT2D eigenvalue weighted by Gasteiger charge is 2.30. The van der Waals surface area contributed by atoms with Gasteiger partial charge < -0.3 is 0 Å². The van der Waals surface area contributed by atoms with Crippen molar-refractivity contribution in [1.82, 2.24) is 0 Å². The van der Waals surface area contributed by atoms with Gasteiger partial charge in [-0.1, -0.05) is 27.2 Å². The van der Waals surface area contributed by atoms with Gasteiger partial charge in [-0.05, 0) is 24.7 Å². The lowest BCUT2D eigenvalue weighted by atomic mass is 9.71. The highest BCUT2D eigenvalue weighted by molar-refractivity contribution is 5.80. The van der Waals surface area contributed by atoms with Crippen molar-refractivity contribution in [3.05, 3.63) is 0 Å². The van der Waals surface area contributed by atoms with Crippen molar-refractivity contribution in [2.24, 2.45) is 11.3 Å². The van der Waals surface area contributed by atoms with Crippen molar-refractivity contribution in [1.29, 1.82) is 0 Å². The van der Waals surface area contributed by atoms with Crippen LogP contribution in [0.5, 0.6) is 0 Å². The minimum atomic E-state index is 0.374. The van der Waals surface area contributed by atoms with Crippen molar-refractivity contribution in [3.63, 3.8) is 0 Å². The van der Waals surface area contributed by atoms with E-state index in [0.717, 1.165) is 19.3 Å². The van der Waals surface area contributed by atoms with E-state index in [1.165, 1.54) is 12.8 Å². The number of hydrogen-bond donors (Lipinski definition) is 0. The smallest absolute Gasteiger partial charge is 0.135 e. The zero-order chi connectivity index (χ0) is 9.19. The maximum Gasteiger partial charge on any atom is 0.135 e. The van der Waals surface area contributed by atoms with Crippen LogP contribution in [-0.2, 0) is 4.79 Å². The van der Waals surface area contributed by atoms with Crippen LogP contribution in [0.1, 0.15) is 52.9 Å². The minimum absolute atomic E-state index is 0.374. The van der Waals surface area contributed by atoms with Gasteiger partial charge in [-0.3, -0.25) is 4.79 Å². The predicted octanol–water partition coefficient (Wildman–Crippen LogP) is 3.18. The quantitative estimate of drug-likeness (QED) is 0.619. The summed E-state index contributed by atoms with van der Waals surface area (Å²) in [5.41, 5.74) is 0.410. The lowest BCUT2D eigenvalue weighted by Gasteiger charge is -2.34. The number of carbonyl (C=O) groups excluding carboxylic acids is 1. The summed E-state index contributed by atoms with van der Waals surface area (Å²) in [6.07, 6.45) is 5.50. The fraction of sp³-hybridized carbons (Fsp3) is 0.909. The molecule has 1 unspecified atom stereocenters. The highest BCUT2D eigenvalue weighted by atomic mass is 16.1. The third-order valence-electron chi connectivity index (χ3n) is 3.01. The molecule has 0 aromatic carbocycles. The molecule has 1 saturated carbocycles. The van der Waals surface area contributed by atoms with Crippen molar-refractivity contribution in [3.8, 4) is 0 Å². The van der Waals surface area contributed by atoms with Crippen LogP contribution in [0.2, 0.25) is 0 Å². The Labute approximate surface area is 75.5 Å². The molecule has 0 aromatic rings. The van der Waals surface area contributed by atoms with Crippen LogP contribution in [0.15, 0.2) is 0 Å². The second-order valence-corrected chi connectivity index (χ2v) is 4.78. The van der Waals surface area contributed by atoms with Gasteiger partial charge in [0, 0.05) is 12.3 Å². The molecule has 1 aliphatic carbocycles. The Kier molecular flexibility index (Phi) is 2.92. The number of rotatable bonds is 2. The van der Waals surface area contributed by atoms with Crippen LogP contribution in [0.3, 0.4) is 0 Å². The van der Waals surface area contributed by atoms with Gasteiger partial charge in [-0.25, -0.2) is 0 Å². The third kappa shape index (κ3) is 2.33. The molecule has 1 fully saturated rings. The second kappa shape index (κ2) is 3.59. The molecule has 0 heterocycles. The summed E-state index contributed by atoms with van der Waals surface area (Å²) in [4.78, 5) is 11.5. The SMILES string of the molecule is CCC(=O)C1CCCC(C)(C)C1. The first kappa shape index (κ1) is 9.76. The molecule has 0 spiro atoms. The van der Waals surface area contributed by atoms with E-state index in [1.54, 1.807) is 0 Å². The topological polar surface area (TPSA) is 17.1 Å². The molecule has 1 rings (SSSR count). The van der Waals surface area contributed by atoms with Crippen LogP contribution < -0.4 is 0 Å². The van der Waals surface area contributed by atoms with Crippen LogP contribution in [0.4, 0.5) is 0 Å². The van der Waals surface area contributed by atoms with E-state index in [0.29, 0.717) is 17.1 Å². The molecule has 0 bridgehead atoms. The summed E-state index contributed by atoms with van der Waals surface area (Å²) < 4.78 is 0. The second-order valence-electron chi connectivity index (χ2n) is 4.78. The molecule has 0 saturated heterocycles. The minimum Gasteiger partial charge on any atom is -0.299 e. The van der Waals surface area contributed by atoms with E-state index >= 15 is 0 Å². The molecule has 0 aromatic heterocycles. The Morgan fingerprint density at radius 3 is 2.67 bits per heavy atom. The number of hydrogen-bond acceptors (Lipinski definition) is 1. The van der Waals surface area contributed by atoms with Crippen molar-refractivity contribution in [2.75, 3.05) is 0 Å². The van der Waals surface area contributed by atoms with E-state index < -0.39 is 0 Å². The van der Waals surface area contributed by atoms with Gasteiger partial charge in [-0.15, -0.1) is 0 Å². The maximum absolute atomic E-state index is 11.5.